The van der Waals surface area contributed by atoms with Crippen molar-refractivity contribution in [2.45, 2.75) is 103 Å². The van der Waals surface area contributed by atoms with Crippen LogP contribution in [0.5, 0.6) is 5.88 Å². The molecule has 34 heavy (non-hydrogen) atoms. The largest absolute Gasteiger partial charge is 0.479 e. The fraction of sp³-hybridized carbons (Fsp3) is 0.783. The van der Waals surface area contributed by atoms with Crippen molar-refractivity contribution in [1.82, 2.24) is 19.5 Å². The van der Waals surface area contributed by atoms with Crippen LogP contribution in [0.25, 0.3) is 11.2 Å². The van der Waals surface area contributed by atoms with Gasteiger partial charge in [-0.1, -0.05) is 41.5 Å². The summed E-state index contributed by atoms with van der Waals surface area (Å²) in [5.41, 5.74) is 7.08. The number of methoxy groups -OCH3 is 1. The van der Waals surface area contributed by atoms with E-state index in [1.54, 1.807) is 13.4 Å². The second-order valence-corrected chi connectivity index (χ2v) is 21.8. The van der Waals surface area contributed by atoms with Crippen molar-refractivity contribution >= 4 is 33.7 Å². The maximum atomic E-state index is 6.87. The molecule has 3 rings (SSSR count). The zero-order valence-electron chi connectivity index (χ0n) is 22.7. The number of rotatable bonds is 7. The number of anilines is 1. The van der Waals surface area contributed by atoms with E-state index in [1.807, 2.05) is 4.57 Å². The number of imidazole rings is 1. The van der Waals surface area contributed by atoms with Gasteiger partial charge in [0.15, 0.2) is 27.8 Å². The first kappa shape index (κ1) is 27.1. The lowest BCUT2D eigenvalue weighted by molar-refractivity contribution is -0.0383. The Morgan fingerprint density at radius 1 is 1.06 bits per heavy atom. The van der Waals surface area contributed by atoms with Gasteiger partial charge in [-0.25, -0.2) is 4.98 Å². The van der Waals surface area contributed by atoms with Gasteiger partial charge in [-0.15, -0.1) is 0 Å². The highest BCUT2D eigenvalue weighted by Crippen LogP contribution is 2.43. The van der Waals surface area contributed by atoms with Gasteiger partial charge in [-0.3, -0.25) is 4.57 Å². The third kappa shape index (κ3) is 5.33. The van der Waals surface area contributed by atoms with E-state index in [0.29, 0.717) is 30.1 Å². The third-order valence-corrected chi connectivity index (χ3v) is 16.8. The van der Waals surface area contributed by atoms with Gasteiger partial charge in [-0.05, 0) is 36.3 Å². The molecule has 0 bridgehead atoms. The Kier molecular flexibility index (Phi) is 7.29. The van der Waals surface area contributed by atoms with Crippen LogP contribution in [0.2, 0.25) is 36.3 Å². The second-order valence-electron chi connectivity index (χ2n) is 12.3. The summed E-state index contributed by atoms with van der Waals surface area (Å²) in [6.45, 7) is 23.1. The van der Waals surface area contributed by atoms with Crippen molar-refractivity contribution in [3.8, 4) is 5.88 Å². The van der Waals surface area contributed by atoms with Crippen LogP contribution in [0.4, 0.5) is 5.95 Å². The van der Waals surface area contributed by atoms with E-state index in [9.17, 15) is 0 Å². The predicted octanol–water partition coefficient (Wildman–Crippen LogP) is 5.12. The Morgan fingerprint density at radius 3 is 2.24 bits per heavy atom. The third-order valence-electron chi connectivity index (χ3n) is 7.76. The van der Waals surface area contributed by atoms with E-state index in [4.69, 9.17) is 24.1 Å². The number of nitrogens with zero attached hydrogens (tertiary/aromatic N) is 4. The average molecular weight is 510 g/mol. The summed E-state index contributed by atoms with van der Waals surface area (Å²) in [4.78, 5) is 13.0. The van der Waals surface area contributed by atoms with Crippen molar-refractivity contribution in [3.63, 3.8) is 0 Å². The van der Waals surface area contributed by atoms with E-state index in [2.05, 4.69) is 82.7 Å². The molecule has 0 spiro atoms. The summed E-state index contributed by atoms with van der Waals surface area (Å²) in [5.74, 6) is 0.488. The minimum Gasteiger partial charge on any atom is -0.479 e. The fourth-order valence-electron chi connectivity index (χ4n) is 3.47. The van der Waals surface area contributed by atoms with Crippen molar-refractivity contribution < 1.29 is 18.3 Å². The Hall–Kier alpha value is -1.54. The van der Waals surface area contributed by atoms with Crippen LogP contribution in [0.3, 0.4) is 0 Å². The lowest BCUT2D eigenvalue weighted by Gasteiger charge is -2.40. The molecule has 0 aliphatic carbocycles. The maximum Gasteiger partial charge on any atom is 0.246 e. The molecule has 2 N–H and O–H groups in total. The molecule has 11 heteroatoms. The molecule has 1 fully saturated rings. The first-order valence-corrected chi connectivity index (χ1v) is 17.8. The average Bonchev–Trinajstić information content (AvgIpc) is 3.27. The predicted molar refractivity (Wildman–Crippen MR) is 140 cm³/mol. The molecule has 0 amide bonds. The van der Waals surface area contributed by atoms with Crippen molar-refractivity contribution in [3.05, 3.63) is 6.33 Å². The molecule has 0 radical (unpaired) electrons. The molecule has 1 aliphatic heterocycles. The number of hydrogen-bond acceptors (Lipinski definition) is 8. The quantitative estimate of drug-likeness (QED) is 0.513. The van der Waals surface area contributed by atoms with Crippen LogP contribution >= 0.6 is 0 Å². The van der Waals surface area contributed by atoms with E-state index in [-0.39, 0.29) is 34.5 Å². The van der Waals surface area contributed by atoms with E-state index in [1.165, 1.54) is 0 Å². The summed E-state index contributed by atoms with van der Waals surface area (Å²) in [6.07, 6.45) is 1.81. The lowest BCUT2D eigenvalue weighted by atomic mass is 10.2. The van der Waals surface area contributed by atoms with Gasteiger partial charge < -0.3 is 24.1 Å². The summed E-state index contributed by atoms with van der Waals surface area (Å²) in [6, 6.07) is 0. The number of aromatic nitrogens is 4. The van der Waals surface area contributed by atoms with Crippen LogP contribution in [-0.2, 0) is 13.6 Å². The SMILES string of the molecule is COc1nc(N)nc2c1ncn2C1CC(O[Si](C)(C)C(C)(C)C)C(CO[Si](C)(C)C(C)(C)C)O1. The smallest absolute Gasteiger partial charge is 0.246 e. The lowest BCUT2D eigenvalue weighted by Crippen LogP contribution is -2.48. The molecule has 9 nitrogen and oxygen atoms in total. The van der Waals surface area contributed by atoms with Crippen LogP contribution in [0, 0.1) is 0 Å². The standard InChI is InChI=1S/C23H43N5O4Si2/c1-22(2,3)33(8,9)30-13-16-15(32-34(10,11)23(4,5)6)12-17(31-16)28-14-25-18-19(28)26-21(24)27-20(18)29-7/h14-17H,12-13H2,1-11H3,(H2,24,26,27). The molecular formula is C23H43N5O4Si2. The summed E-state index contributed by atoms with van der Waals surface area (Å²) < 4.78 is 27.3. The van der Waals surface area contributed by atoms with E-state index < -0.39 is 16.6 Å². The first-order chi connectivity index (χ1) is 15.5. The highest BCUT2D eigenvalue weighted by molar-refractivity contribution is 6.74. The van der Waals surface area contributed by atoms with Gasteiger partial charge in [0.25, 0.3) is 0 Å². The zero-order chi connectivity index (χ0) is 25.7. The molecule has 1 saturated heterocycles. The molecule has 0 aromatic carbocycles. The van der Waals surface area contributed by atoms with Crippen molar-refractivity contribution in [2.24, 2.45) is 0 Å². The van der Waals surface area contributed by atoms with Gasteiger partial charge in [-0.2, -0.15) is 9.97 Å². The van der Waals surface area contributed by atoms with Crippen LogP contribution in [0.15, 0.2) is 6.33 Å². The topological polar surface area (TPSA) is 107 Å². The second kappa shape index (κ2) is 9.16. The van der Waals surface area contributed by atoms with Crippen molar-refractivity contribution in [1.29, 1.82) is 0 Å². The number of ether oxygens (including phenoxy) is 2. The zero-order valence-corrected chi connectivity index (χ0v) is 24.7. The number of nitrogens with two attached hydrogens (primary N) is 1. The Bertz CT molecular complexity index is 1010. The van der Waals surface area contributed by atoms with E-state index in [0.717, 1.165) is 0 Å². The first-order valence-electron chi connectivity index (χ1n) is 12.0. The summed E-state index contributed by atoms with van der Waals surface area (Å²) >= 11 is 0. The maximum absolute atomic E-state index is 6.87. The Labute approximate surface area is 206 Å². The minimum absolute atomic E-state index is 0.0887. The Balaban J connectivity index is 1.92. The summed E-state index contributed by atoms with van der Waals surface area (Å²) in [5, 5.41) is 0.207. The van der Waals surface area contributed by atoms with E-state index >= 15 is 0 Å². The monoisotopic (exact) mass is 509 g/mol. The van der Waals surface area contributed by atoms with Crippen LogP contribution < -0.4 is 10.5 Å². The molecule has 0 saturated carbocycles. The van der Waals surface area contributed by atoms with Gasteiger partial charge in [0.05, 0.1) is 26.1 Å². The molecule has 192 valence electrons. The number of fused-ring (bicyclic) bond motifs is 1. The fourth-order valence-corrected chi connectivity index (χ4v) is 5.84. The summed E-state index contributed by atoms with van der Waals surface area (Å²) in [7, 11) is -2.43. The van der Waals surface area contributed by atoms with Gasteiger partial charge in [0.2, 0.25) is 11.8 Å². The number of nitrogen functional groups attached to an aromatic ring is 1. The minimum atomic E-state index is -2.03. The van der Waals surface area contributed by atoms with Gasteiger partial charge in [0, 0.05) is 6.42 Å². The molecule has 2 aromatic heterocycles. The normalized spacial score (nSPS) is 22.5. The number of hydrogen-bond donors (Lipinski definition) is 1. The molecule has 3 unspecified atom stereocenters. The van der Waals surface area contributed by atoms with Gasteiger partial charge in [0.1, 0.15) is 12.3 Å². The van der Waals surface area contributed by atoms with Crippen molar-refractivity contribution in [2.75, 3.05) is 19.5 Å². The molecular weight excluding hydrogens is 466 g/mol. The molecule has 2 aromatic rings. The van der Waals surface area contributed by atoms with Crippen LogP contribution in [0.1, 0.15) is 54.2 Å². The van der Waals surface area contributed by atoms with Gasteiger partial charge >= 0.3 is 0 Å². The molecule has 3 heterocycles. The molecule has 1 aliphatic rings. The molecule has 3 atom stereocenters. The highest BCUT2D eigenvalue weighted by atomic mass is 28.4. The highest BCUT2D eigenvalue weighted by Gasteiger charge is 2.47. The Morgan fingerprint density at radius 2 is 1.68 bits per heavy atom. The van der Waals surface area contributed by atoms with Crippen LogP contribution in [-0.4, -0.2) is 62.1 Å².